The summed E-state index contributed by atoms with van der Waals surface area (Å²) in [6.07, 6.45) is 0. The first kappa shape index (κ1) is 17.9. The minimum atomic E-state index is -0.219. The number of benzene rings is 2. The number of carbonyl (C=O) groups excluding carboxylic acids is 1. The molecular weight excluding hydrogens is 355 g/mol. The lowest BCUT2D eigenvalue weighted by atomic mass is 10.0. The fourth-order valence-corrected chi connectivity index (χ4v) is 2.74. The Morgan fingerprint density at radius 2 is 1.65 bits per heavy atom. The van der Waals surface area contributed by atoms with Gasteiger partial charge in [-0.15, -0.1) is 0 Å². The van der Waals surface area contributed by atoms with E-state index in [9.17, 15) is 4.79 Å². The lowest BCUT2D eigenvalue weighted by Crippen LogP contribution is -2.22. The Balaban J connectivity index is 2.03. The molecule has 0 radical (unpaired) electrons. The van der Waals surface area contributed by atoms with Gasteiger partial charge >= 0.3 is 0 Å². The molecular formula is C17H17Cl3N2O. The molecule has 0 unspecified atom stereocenters. The molecule has 3 nitrogen and oxygen atoms in total. The maximum Gasteiger partial charge on any atom is 0.243 e. The zero-order valence-corrected chi connectivity index (χ0v) is 15.1. The van der Waals surface area contributed by atoms with Crippen LogP contribution in [0.4, 0.5) is 11.4 Å². The number of nitrogens with one attached hydrogen (secondary N) is 2. The summed E-state index contributed by atoms with van der Waals surface area (Å²) in [5.74, 6) is 0.148. The van der Waals surface area contributed by atoms with E-state index in [0.717, 1.165) is 11.3 Å². The van der Waals surface area contributed by atoms with Crippen LogP contribution in [0.5, 0.6) is 0 Å². The molecule has 23 heavy (non-hydrogen) atoms. The van der Waals surface area contributed by atoms with Gasteiger partial charge in [-0.1, -0.05) is 66.8 Å². The Bertz CT molecular complexity index is 717. The van der Waals surface area contributed by atoms with Crippen molar-refractivity contribution in [1.82, 2.24) is 0 Å². The Kier molecular flexibility index (Phi) is 6.17. The van der Waals surface area contributed by atoms with Crippen LogP contribution in [0.25, 0.3) is 0 Å². The van der Waals surface area contributed by atoms with E-state index in [1.54, 1.807) is 0 Å². The van der Waals surface area contributed by atoms with E-state index in [0.29, 0.717) is 26.7 Å². The van der Waals surface area contributed by atoms with Crippen LogP contribution in [0.3, 0.4) is 0 Å². The fourth-order valence-electron chi connectivity index (χ4n) is 2.15. The lowest BCUT2D eigenvalue weighted by Gasteiger charge is -2.15. The first-order valence-electron chi connectivity index (χ1n) is 7.15. The van der Waals surface area contributed by atoms with Crippen molar-refractivity contribution in [3.8, 4) is 0 Å². The number of amides is 1. The molecule has 2 aromatic carbocycles. The van der Waals surface area contributed by atoms with Crippen molar-refractivity contribution in [2.24, 2.45) is 0 Å². The van der Waals surface area contributed by atoms with Gasteiger partial charge in [-0.25, -0.2) is 0 Å². The normalized spacial score (nSPS) is 10.7. The molecule has 0 saturated carbocycles. The van der Waals surface area contributed by atoms with E-state index in [1.807, 2.05) is 24.3 Å². The van der Waals surface area contributed by atoms with Crippen molar-refractivity contribution >= 4 is 52.1 Å². The number of carbonyl (C=O) groups is 1. The number of anilines is 2. The van der Waals surface area contributed by atoms with Crippen LogP contribution in [-0.4, -0.2) is 12.5 Å². The minimum absolute atomic E-state index is 0.125. The highest BCUT2D eigenvalue weighted by Gasteiger charge is 2.11. The molecule has 0 bridgehead atoms. The van der Waals surface area contributed by atoms with Crippen LogP contribution < -0.4 is 10.6 Å². The highest BCUT2D eigenvalue weighted by molar-refractivity contribution is 6.44. The summed E-state index contributed by atoms with van der Waals surface area (Å²) in [5.41, 5.74) is 2.54. The third-order valence-corrected chi connectivity index (χ3v) is 4.34. The van der Waals surface area contributed by atoms with Gasteiger partial charge in [0.15, 0.2) is 0 Å². The number of rotatable bonds is 5. The van der Waals surface area contributed by atoms with E-state index >= 15 is 0 Å². The van der Waals surface area contributed by atoms with Crippen molar-refractivity contribution in [2.45, 2.75) is 19.8 Å². The van der Waals surface area contributed by atoms with Gasteiger partial charge in [-0.05, 0) is 29.7 Å². The van der Waals surface area contributed by atoms with Gasteiger partial charge in [0.1, 0.15) is 0 Å². The quantitative estimate of drug-likeness (QED) is 0.650. The SMILES string of the molecule is CC(C)c1ccccc1NCC(=O)Nc1cc(Cl)c(Cl)cc1Cl. The summed E-state index contributed by atoms with van der Waals surface area (Å²) in [4.78, 5) is 12.1. The van der Waals surface area contributed by atoms with Gasteiger partial charge < -0.3 is 10.6 Å². The van der Waals surface area contributed by atoms with Crippen LogP contribution in [-0.2, 0) is 4.79 Å². The molecule has 0 aliphatic heterocycles. The van der Waals surface area contributed by atoms with Crippen LogP contribution >= 0.6 is 34.8 Å². The summed E-state index contributed by atoms with van der Waals surface area (Å²) in [6.45, 7) is 4.34. The monoisotopic (exact) mass is 370 g/mol. The molecule has 0 fully saturated rings. The van der Waals surface area contributed by atoms with Gasteiger partial charge in [0.05, 0.1) is 27.3 Å². The zero-order valence-electron chi connectivity index (χ0n) is 12.8. The Morgan fingerprint density at radius 3 is 2.35 bits per heavy atom. The van der Waals surface area contributed by atoms with Crippen molar-refractivity contribution in [2.75, 3.05) is 17.2 Å². The predicted octanol–water partition coefficient (Wildman–Crippen LogP) is 5.82. The second kappa shape index (κ2) is 7.91. The molecule has 0 aliphatic rings. The first-order valence-corrected chi connectivity index (χ1v) is 8.29. The molecule has 0 heterocycles. The molecule has 122 valence electrons. The average Bonchev–Trinajstić information content (AvgIpc) is 2.50. The average molecular weight is 372 g/mol. The highest BCUT2D eigenvalue weighted by Crippen LogP contribution is 2.32. The lowest BCUT2D eigenvalue weighted by molar-refractivity contribution is -0.114. The largest absolute Gasteiger partial charge is 0.376 e. The summed E-state index contributed by atoms with van der Waals surface area (Å²) in [7, 11) is 0. The molecule has 0 aliphatic carbocycles. The molecule has 0 spiro atoms. The van der Waals surface area contributed by atoms with Crippen LogP contribution in [0.1, 0.15) is 25.3 Å². The first-order chi connectivity index (χ1) is 10.9. The van der Waals surface area contributed by atoms with E-state index in [4.69, 9.17) is 34.8 Å². The zero-order chi connectivity index (χ0) is 17.0. The summed E-state index contributed by atoms with van der Waals surface area (Å²) in [5, 5.41) is 6.89. The van der Waals surface area contributed by atoms with Crippen LogP contribution in [0.15, 0.2) is 36.4 Å². The van der Waals surface area contributed by atoms with E-state index in [-0.39, 0.29) is 12.5 Å². The second-order valence-corrected chi connectivity index (χ2v) is 6.61. The van der Waals surface area contributed by atoms with Gasteiger partial charge in [-0.3, -0.25) is 4.79 Å². The second-order valence-electron chi connectivity index (χ2n) is 5.39. The molecule has 0 atom stereocenters. The predicted molar refractivity (Wildman–Crippen MR) is 99.1 cm³/mol. The molecule has 6 heteroatoms. The maximum absolute atomic E-state index is 12.1. The van der Waals surface area contributed by atoms with Crippen LogP contribution in [0, 0.1) is 0 Å². The van der Waals surface area contributed by atoms with Gasteiger partial charge in [0.2, 0.25) is 5.91 Å². The molecule has 0 aromatic heterocycles. The summed E-state index contributed by atoms with van der Waals surface area (Å²) >= 11 is 17.9. The van der Waals surface area contributed by atoms with E-state index in [2.05, 4.69) is 24.5 Å². The van der Waals surface area contributed by atoms with Crippen molar-refractivity contribution in [3.05, 3.63) is 57.0 Å². The van der Waals surface area contributed by atoms with E-state index in [1.165, 1.54) is 12.1 Å². The minimum Gasteiger partial charge on any atom is -0.376 e. The number of hydrogen-bond donors (Lipinski definition) is 2. The van der Waals surface area contributed by atoms with Gasteiger partial charge in [-0.2, -0.15) is 0 Å². The maximum atomic E-state index is 12.1. The molecule has 1 amide bonds. The number of halogens is 3. The third-order valence-electron chi connectivity index (χ3n) is 3.31. The molecule has 2 aromatic rings. The standard InChI is InChI=1S/C17H17Cl3N2O/c1-10(2)11-5-3-4-6-15(11)21-9-17(23)22-16-8-13(19)12(18)7-14(16)20/h3-8,10,21H,9H2,1-2H3,(H,22,23). The highest BCUT2D eigenvalue weighted by atomic mass is 35.5. The third kappa shape index (κ3) is 4.77. The number of para-hydroxylation sites is 1. The van der Waals surface area contributed by atoms with Crippen LogP contribution in [0.2, 0.25) is 15.1 Å². The summed E-state index contributed by atoms with van der Waals surface area (Å²) in [6, 6.07) is 10.9. The molecule has 2 rings (SSSR count). The smallest absolute Gasteiger partial charge is 0.243 e. The molecule has 0 saturated heterocycles. The van der Waals surface area contributed by atoms with Crippen molar-refractivity contribution < 1.29 is 4.79 Å². The number of hydrogen-bond acceptors (Lipinski definition) is 2. The summed E-state index contributed by atoms with van der Waals surface area (Å²) < 4.78 is 0. The van der Waals surface area contributed by atoms with Gasteiger partial charge in [0.25, 0.3) is 0 Å². The van der Waals surface area contributed by atoms with E-state index < -0.39 is 0 Å². The Hall–Kier alpha value is -1.42. The Morgan fingerprint density at radius 1 is 1.00 bits per heavy atom. The fraction of sp³-hybridized carbons (Fsp3) is 0.235. The Labute approximate surface area is 150 Å². The van der Waals surface area contributed by atoms with Crippen molar-refractivity contribution in [1.29, 1.82) is 0 Å². The molecule has 2 N–H and O–H groups in total. The van der Waals surface area contributed by atoms with Crippen molar-refractivity contribution in [3.63, 3.8) is 0 Å². The topological polar surface area (TPSA) is 41.1 Å². The van der Waals surface area contributed by atoms with Gasteiger partial charge in [0, 0.05) is 5.69 Å².